The number of thiazole rings is 1. The van der Waals surface area contributed by atoms with Gasteiger partial charge < -0.3 is 14.0 Å². The average Bonchev–Trinajstić information content (AvgIpc) is 2.98. The molecule has 6 nitrogen and oxygen atoms in total. The highest BCUT2D eigenvalue weighted by molar-refractivity contribution is 7.16. The molecule has 1 amide bonds. The summed E-state index contributed by atoms with van der Waals surface area (Å²) in [5.41, 5.74) is 0.839. The number of nitrogens with zero attached hydrogens (tertiary/aromatic N) is 2. The molecule has 2 aromatic rings. The Labute approximate surface area is 150 Å². The van der Waals surface area contributed by atoms with Gasteiger partial charge in [0, 0.05) is 5.92 Å². The third-order valence-corrected chi connectivity index (χ3v) is 5.61. The Hall–Kier alpha value is -2.15. The van der Waals surface area contributed by atoms with Crippen LogP contribution in [0, 0.1) is 5.92 Å². The van der Waals surface area contributed by atoms with E-state index >= 15 is 0 Å². The molecule has 0 aliphatic heterocycles. The van der Waals surface area contributed by atoms with Gasteiger partial charge in [0.1, 0.15) is 12.3 Å². The summed E-state index contributed by atoms with van der Waals surface area (Å²) in [6, 6.07) is 5.59. The van der Waals surface area contributed by atoms with Gasteiger partial charge in [-0.25, -0.2) is 0 Å². The number of carbonyl (C=O) groups is 2. The molecule has 1 heterocycles. The Bertz CT molecular complexity index is 846. The SMILES string of the molecule is COC(=O)Cn1c(=NC(=O)C2CCCCC2)sc2cc(OC)ccc21. The van der Waals surface area contributed by atoms with Crippen molar-refractivity contribution >= 4 is 33.4 Å². The van der Waals surface area contributed by atoms with E-state index in [1.54, 1.807) is 11.7 Å². The van der Waals surface area contributed by atoms with Gasteiger partial charge in [0.2, 0.25) is 0 Å². The van der Waals surface area contributed by atoms with Crippen LogP contribution in [-0.2, 0) is 20.9 Å². The summed E-state index contributed by atoms with van der Waals surface area (Å²) in [5.74, 6) is 0.267. The molecule has 0 saturated heterocycles. The topological polar surface area (TPSA) is 69.9 Å². The molecule has 1 aliphatic rings. The van der Waals surface area contributed by atoms with Crippen molar-refractivity contribution in [2.45, 2.75) is 38.6 Å². The van der Waals surface area contributed by atoms with E-state index in [2.05, 4.69) is 4.99 Å². The van der Waals surface area contributed by atoms with Gasteiger partial charge in [0.25, 0.3) is 5.91 Å². The van der Waals surface area contributed by atoms with E-state index in [-0.39, 0.29) is 24.3 Å². The van der Waals surface area contributed by atoms with Gasteiger partial charge in [0.05, 0.1) is 24.4 Å². The van der Waals surface area contributed by atoms with Crippen molar-refractivity contribution in [2.75, 3.05) is 14.2 Å². The smallest absolute Gasteiger partial charge is 0.325 e. The van der Waals surface area contributed by atoms with Crippen molar-refractivity contribution in [3.8, 4) is 5.75 Å². The zero-order valence-electron chi connectivity index (χ0n) is 14.5. The van der Waals surface area contributed by atoms with Crippen LogP contribution in [0.15, 0.2) is 23.2 Å². The lowest BCUT2D eigenvalue weighted by molar-refractivity contribution is -0.141. The normalized spacial score (nSPS) is 16.2. The molecular formula is C18H22N2O4S. The minimum Gasteiger partial charge on any atom is -0.497 e. The number of carbonyl (C=O) groups excluding carboxylic acids is 2. The summed E-state index contributed by atoms with van der Waals surface area (Å²) in [4.78, 5) is 29.2. The number of esters is 1. The third-order valence-electron chi connectivity index (χ3n) is 4.57. The Morgan fingerprint density at radius 3 is 2.68 bits per heavy atom. The van der Waals surface area contributed by atoms with Gasteiger partial charge in [0.15, 0.2) is 4.80 Å². The molecular weight excluding hydrogens is 340 g/mol. The lowest BCUT2D eigenvalue weighted by atomic mass is 9.89. The summed E-state index contributed by atoms with van der Waals surface area (Å²) in [6.45, 7) is 0.0274. The summed E-state index contributed by atoms with van der Waals surface area (Å²) < 4.78 is 12.7. The number of hydrogen-bond donors (Lipinski definition) is 0. The maximum atomic E-state index is 12.6. The Kier molecular flexibility index (Phi) is 5.53. The van der Waals surface area contributed by atoms with E-state index in [4.69, 9.17) is 9.47 Å². The first-order valence-electron chi connectivity index (χ1n) is 8.45. The second-order valence-electron chi connectivity index (χ2n) is 6.17. The van der Waals surface area contributed by atoms with Crippen LogP contribution in [0.25, 0.3) is 10.2 Å². The fourth-order valence-electron chi connectivity index (χ4n) is 3.15. The van der Waals surface area contributed by atoms with E-state index in [0.717, 1.165) is 41.6 Å². The highest BCUT2D eigenvalue weighted by Crippen LogP contribution is 2.26. The molecule has 1 aromatic carbocycles. The number of fused-ring (bicyclic) bond motifs is 1. The first-order valence-corrected chi connectivity index (χ1v) is 9.27. The van der Waals surface area contributed by atoms with Crippen LogP contribution in [0.5, 0.6) is 5.75 Å². The summed E-state index contributed by atoms with van der Waals surface area (Å²) >= 11 is 1.39. The molecule has 0 radical (unpaired) electrons. The molecule has 0 atom stereocenters. The van der Waals surface area contributed by atoms with Crippen molar-refractivity contribution in [2.24, 2.45) is 10.9 Å². The minimum absolute atomic E-state index is 0.0000695. The first-order chi connectivity index (χ1) is 12.1. The minimum atomic E-state index is -0.373. The fourth-order valence-corrected chi connectivity index (χ4v) is 4.21. The van der Waals surface area contributed by atoms with Crippen molar-refractivity contribution in [1.29, 1.82) is 0 Å². The van der Waals surface area contributed by atoms with Gasteiger partial charge in [-0.05, 0) is 31.0 Å². The molecule has 3 rings (SSSR count). The molecule has 0 spiro atoms. The molecule has 1 aromatic heterocycles. The van der Waals surface area contributed by atoms with Crippen molar-refractivity contribution in [1.82, 2.24) is 4.57 Å². The second kappa shape index (κ2) is 7.82. The average molecular weight is 362 g/mol. The molecule has 7 heteroatoms. The third kappa shape index (κ3) is 3.92. The van der Waals surface area contributed by atoms with Gasteiger partial charge in [-0.3, -0.25) is 9.59 Å². The monoisotopic (exact) mass is 362 g/mol. The molecule has 1 aliphatic carbocycles. The van der Waals surface area contributed by atoms with Gasteiger partial charge in [-0.2, -0.15) is 4.99 Å². The zero-order valence-corrected chi connectivity index (χ0v) is 15.3. The molecule has 0 N–H and O–H groups in total. The maximum absolute atomic E-state index is 12.6. The zero-order chi connectivity index (χ0) is 17.8. The Morgan fingerprint density at radius 1 is 1.24 bits per heavy atom. The summed E-state index contributed by atoms with van der Waals surface area (Å²) in [5, 5.41) is 0. The molecule has 1 fully saturated rings. The van der Waals surface area contributed by atoms with Crippen LogP contribution >= 0.6 is 11.3 Å². The molecule has 134 valence electrons. The lowest BCUT2D eigenvalue weighted by Gasteiger charge is -2.17. The lowest BCUT2D eigenvalue weighted by Crippen LogP contribution is -2.24. The molecule has 0 unspecified atom stereocenters. The van der Waals surface area contributed by atoms with Crippen LogP contribution in [0.4, 0.5) is 0 Å². The van der Waals surface area contributed by atoms with Crippen molar-refractivity contribution < 1.29 is 19.1 Å². The van der Waals surface area contributed by atoms with E-state index in [1.165, 1.54) is 24.9 Å². The maximum Gasteiger partial charge on any atom is 0.325 e. The standard InChI is InChI=1S/C18H22N2O4S/c1-23-13-8-9-14-15(10-13)25-18(20(14)11-16(21)24-2)19-17(22)12-6-4-3-5-7-12/h8-10,12H,3-7,11H2,1-2H3. The van der Waals surface area contributed by atoms with Crippen molar-refractivity contribution in [3.63, 3.8) is 0 Å². The van der Waals surface area contributed by atoms with E-state index in [0.29, 0.717) is 4.80 Å². The number of hydrogen-bond acceptors (Lipinski definition) is 5. The molecule has 0 bridgehead atoms. The number of rotatable bonds is 4. The second-order valence-corrected chi connectivity index (χ2v) is 7.17. The number of ether oxygens (including phenoxy) is 2. The highest BCUT2D eigenvalue weighted by atomic mass is 32.1. The summed E-state index contributed by atoms with van der Waals surface area (Å²) in [7, 11) is 2.96. The van der Waals surface area contributed by atoms with Gasteiger partial charge >= 0.3 is 5.97 Å². The highest BCUT2D eigenvalue weighted by Gasteiger charge is 2.21. The number of amides is 1. The number of benzene rings is 1. The quantitative estimate of drug-likeness (QED) is 0.784. The van der Waals surface area contributed by atoms with E-state index in [1.807, 2.05) is 18.2 Å². The van der Waals surface area contributed by atoms with Crippen molar-refractivity contribution in [3.05, 3.63) is 23.0 Å². The van der Waals surface area contributed by atoms with Crippen LogP contribution < -0.4 is 9.54 Å². The predicted molar refractivity (Wildman–Crippen MR) is 95.5 cm³/mol. The van der Waals surface area contributed by atoms with Gasteiger partial charge in [-0.1, -0.05) is 30.6 Å². The van der Waals surface area contributed by atoms with Crippen LogP contribution in [0.3, 0.4) is 0 Å². The number of methoxy groups -OCH3 is 2. The van der Waals surface area contributed by atoms with Crippen LogP contribution in [0.2, 0.25) is 0 Å². The van der Waals surface area contributed by atoms with E-state index in [9.17, 15) is 9.59 Å². The Morgan fingerprint density at radius 2 is 2.00 bits per heavy atom. The first kappa shape index (κ1) is 17.7. The van der Waals surface area contributed by atoms with Gasteiger partial charge in [-0.15, -0.1) is 0 Å². The molecule has 1 saturated carbocycles. The molecule has 25 heavy (non-hydrogen) atoms. The largest absolute Gasteiger partial charge is 0.497 e. The van der Waals surface area contributed by atoms with E-state index < -0.39 is 0 Å². The van der Waals surface area contributed by atoms with Crippen LogP contribution in [-0.4, -0.2) is 30.7 Å². The van der Waals surface area contributed by atoms with Crippen LogP contribution in [0.1, 0.15) is 32.1 Å². The number of aromatic nitrogens is 1. The Balaban J connectivity index is 2.04. The summed E-state index contributed by atoms with van der Waals surface area (Å²) in [6.07, 6.45) is 5.15. The fraction of sp³-hybridized carbons (Fsp3) is 0.500. The predicted octanol–water partition coefficient (Wildman–Crippen LogP) is 2.89.